The molecule has 1 aromatic carbocycles. The van der Waals surface area contributed by atoms with Crippen LogP contribution in [0, 0.1) is 10.1 Å². The van der Waals surface area contributed by atoms with E-state index >= 15 is 0 Å². The number of thiocarbonyl (C=S) groups is 1. The molecule has 0 aliphatic heterocycles. The van der Waals surface area contributed by atoms with Crippen LogP contribution in [0.25, 0.3) is 0 Å². The standard InChI is InChI=1S/C15H20N2O4S2/c1-3-21-10-9-16(15(22)23-4-2)11-14(18)12-5-7-13(8-6-12)17(19)20/h3,5-8,14,18H,1,4,9-11H2,2H3. The minimum Gasteiger partial charge on any atom is -0.500 e. The summed E-state index contributed by atoms with van der Waals surface area (Å²) in [6.07, 6.45) is 0.566. The van der Waals surface area contributed by atoms with Gasteiger partial charge >= 0.3 is 0 Å². The van der Waals surface area contributed by atoms with Crippen LogP contribution < -0.4 is 0 Å². The number of nitro groups is 1. The lowest BCUT2D eigenvalue weighted by Gasteiger charge is -2.27. The molecule has 126 valence electrons. The zero-order valence-electron chi connectivity index (χ0n) is 12.9. The van der Waals surface area contributed by atoms with E-state index in [0.29, 0.717) is 29.6 Å². The van der Waals surface area contributed by atoms with Gasteiger partial charge < -0.3 is 14.7 Å². The highest BCUT2D eigenvalue weighted by molar-refractivity contribution is 8.22. The predicted molar refractivity (Wildman–Crippen MR) is 96.5 cm³/mol. The second kappa shape index (κ2) is 10.2. The van der Waals surface area contributed by atoms with Gasteiger partial charge in [0.05, 0.1) is 23.8 Å². The first-order valence-electron chi connectivity index (χ1n) is 7.06. The van der Waals surface area contributed by atoms with Gasteiger partial charge in [-0.25, -0.2) is 0 Å². The van der Waals surface area contributed by atoms with Gasteiger partial charge in [0.25, 0.3) is 5.69 Å². The number of hydrogen-bond acceptors (Lipinski definition) is 6. The van der Waals surface area contributed by atoms with Gasteiger partial charge in [-0.05, 0) is 23.4 Å². The highest BCUT2D eigenvalue weighted by Crippen LogP contribution is 2.20. The smallest absolute Gasteiger partial charge is 0.269 e. The Morgan fingerprint density at radius 3 is 2.74 bits per heavy atom. The molecule has 1 N–H and O–H groups in total. The number of hydrogen-bond donors (Lipinski definition) is 1. The van der Waals surface area contributed by atoms with Crippen LogP contribution in [-0.4, -0.2) is 44.7 Å². The number of ether oxygens (including phenoxy) is 1. The van der Waals surface area contributed by atoms with Crippen molar-refractivity contribution in [1.29, 1.82) is 0 Å². The molecule has 1 unspecified atom stereocenters. The van der Waals surface area contributed by atoms with E-state index in [4.69, 9.17) is 17.0 Å². The van der Waals surface area contributed by atoms with Crippen LogP contribution in [0.2, 0.25) is 0 Å². The van der Waals surface area contributed by atoms with Gasteiger partial charge in [0.1, 0.15) is 10.9 Å². The minimum absolute atomic E-state index is 0.00533. The van der Waals surface area contributed by atoms with Gasteiger partial charge in [-0.1, -0.05) is 37.5 Å². The van der Waals surface area contributed by atoms with E-state index in [0.717, 1.165) is 5.75 Å². The highest BCUT2D eigenvalue weighted by Gasteiger charge is 2.17. The molecule has 1 rings (SSSR count). The number of aliphatic hydroxyl groups is 1. The summed E-state index contributed by atoms with van der Waals surface area (Å²) in [7, 11) is 0. The Balaban J connectivity index is 2.73. The van der Waals surface area contributed by atoms with Crippen molar-refractivity contribution in [2.24, 2.45) is 0 Å². The number of nitro benzene ring substituents is 1. The summed E-state index contributed by atoms with van der Waals surface area (Å²) in [4.78, 5) is 12.1. The molecular weight excluding hydrogens is 336 g/mol. The number of aliphatic hydroxyl groups excluding tert-OH is 1. The molecule has 1 atom stereocenters. The number of thioether (sulfide) groups is 1. The molecule has 0 radical (unpaired) electrons. The van der Waals surface area contributed by atoms with E-state index in [1.54, 1.807) is 12.1 Å². The molecule has 1 aromatic rings. The van der Waals surface area contributed by atoms with Crippen LogP contribution in [0.15, 0.2) is 37.1 Å². The molecule has 6 nitrogen and oxygen atoms in total. The van der Waals surface area contributed by atoms with Crippen LogP contribution in [0.1, 0.15) is 18.6 Å². The van der Waals surface area contributed by atoms with Gasteiger partial charge in [0.2, 0.25) is 0 Å². The molecule has 0 spiro atoms. The maximum Gasteiger partial charge on any atom is 0.269 e. The molecule has 23 heavy (non-hydrogen) atoms. The molecule has 0 aliphatic rings. The Bertz CT molecular complexity index is 537. The Kier molecular flexibility index (Phi) is 8.60. The summed E-state index contributed by atoms with van der Waals surface area (Å²) in [6.45, 7) is 6.73. The van der Waals surface area contributed by atoms with Crippen molar-refractivity contribution in [1.82, 2.24) is 4.90 Å². The van der Waals surface area contributed by atoms with Gasteiger partial charge in [0.15, 0.2) is 0 Å². The zero-order chi connectivity index (χ0) is 17.2. The molecular formula is C15H20N2O4S2. The average molecular weight is 356 g/mol. The molecule has 0 bridgehead atoms. The largest absolute Gasteiger partial charge is 0.500 e. The fourth-order valence-corrected chi connectivity index (χ4v) is 2.97. The average Bonchev–Trinajstić information content (AvgIpc) is 2.54. The SMILES string of the molecule is C=COCCN(CC(O)c1ccc([N+](=O)[O-])cc1)C(=S)SCC. The van der Waals surface area contributed by atoms with Gasteiger partial charge in [-0.2, -0.15) is 0 Å². The summed E-state index contributed by atoms with van der Waals surface area (Å²) in [6, 6.07) is 5.86. The maximum atomic E-state index is 10.7. The van der Waals surface area contributed by atoms with Crippen LogP contribution in [0.3, 0.4) is 0 Å². The van der Waals surface area contributed by atoms with Crippen molar-refractivity contribution in [2.45, 2.75) is 13.0 Å². The van der Waals surface area contributed by atoms with E-state index < -0.39 is 11.0 Å². The molecule has 0 fully saturated rings. The van der Waals surface area contributed by atoms with Crippen LogP contribution in [0.4, 0.5) is 5.69 Å². The van der Waals surface area contributed by atoms with Gasteiger partial charge in [-0.3, -0.25) is 10.1 Å². The van der Waals surface area contributed by atoms with E-state index in [2.05, 4.69) is 6.58 Å². The van der Waals surface area contributed by atoms with E-state index in [1.165, 1.54) is 30.2 Å². The summed E-state index contributed by atoms with van der Waals surface area (Å²) in [5.74, 6) is 0.839. The number of nitrogens with zero attached hydrogens (tertiary/aromatic N) is 2. The van der Waals surface area contributed by atoms with E-state index in [1.807, 2.05) is 11.8 Å². The molecule has 0 aromatic heterocycles. The van der Waals surface area contributed by atoms with Gasteiger partial charge in [0, 0.05) is 18.7 Å². The Morgan fingerprint density at radius 2 is 2.22 bits per heavy atom. The fraction of sp³-hybridized carbons (Fsp3) is 0.400. The fourth-order valence-electron chi connectivity index (χ4n) is 1.85. The third-order valence-electron chi connectivity index (χ3n) is 3.00. The van der Waals surface area contributed by atoms with Crippen LogP contribution in [0.5, 0.6) is 0 Å². The minimum atomic E-state index is -0.796. The number of benzene rings is 1. The molecule has 0 amide bonds. The summed E-state index contributed by atoms with van der Waals surface area (Å²) >= 11 is 6.87. The van der Waals surface area contributed by atoms with Crippen molar-refractivity contribution in [2.75, 3.05) is 25.4 Å². The third kappa shape index (κ3) is 6.55. The first-order chi connectivity index (χ1) is 11.0. The topological polar surface area (TPSA) is 75.8 Å². The second-order valence-corrected chi connectivity index (χ2v) is 6.44. The van der Waals surface area contributed by atoms with Crippen molar-refractivity contribution in [3.63, 3.8) is 0 Å². The monoisotopic (exact) mass is 356 g/mol. The molecule has 0 saturated heterocycles. The molecule has 8 heteroatoms. The lowest BCUT2D eigenvalue weighted by atomic mass is 10.1. The maximum absolute atomic E-state index is 10.7. The summed E-state index contributed by atoms with van der Waals surface area (Å²) < 4.78 is 5.80. The van der Waals surface area contributed by atoms with Crippen molar-refractivity contribution < 1.29 is 14.8 Å². The van der Waals surface area contributed by atoms with Crippen LogP contribution in [-0.2, 0) is 4.74 Å². The van der Waals surface area contributed by atoms with Gasteiger partial charge in [-0.15, -0.1) is 0 Å². The van der Waals surface area contributed by atoms with Crippen LogP contribution >= 0.6 is 24.0 Å². The third-order valence-corrected chi connectivity index (χ3v) is 4.41. The van der Waals surface area contributed by atoms with Crippen molar-refractivity contribution in [3.05, 3.63) is 52.8 Å². The quantitative estimate of drug-likeness (QED) is 0.239. The molecule has 0 aliphatic carbocycles. The first-order valence-corrected chi connectivity index (χ1v) is 8.45. The first kappa shape index (κ1) is 19.4. The lowest BCUT2D eigenvalue weighted by molar-refractivity contribution is -0.384. The lowest BCUT2D eigenvalue weighted by Crippen LogP contribution is -2.34. The summed E-state index contributed by atoms with van der Waals surface area (Å²) in [5.41, 5.74) is 0.601. The normalized spacial score (nSPS) is 11.6. The molecule has 0 heterocycles. The Hall–Kier alpha value is -1.64. The van der Waals surface area contributed by atoms with E-state index in [9.17, 15) is 15.2 Å². The number of rotatable bonds is 9. The Labute approximate surface area is 145 Å². The highest BCUT2D eigenvalue weighted by atomic mass is 32.2. The van der Waals surface area contributed by atoms with E-state index in [-0.39, 0.29) is 5.69 Å². The van der Waals surface area contributed by atoms with Crippen molar-refractivity contribution in [3.8, 4) is 0 Å². The van der Waals surface area contributed by atoms with Crippen molar-refractivity contribution >= 4 is 34.0 Å². The Morgan fingerprint density at radius 1 is 1.57 bits per heavy atom. The second-order valence-electron chi connectivity index (χ2n) is 4.55. The predicted octanol–water partition coefficient (Wildman–Crippen LogP) is 3.13. The molecule has 0 saturated carbocycles. The zero-order valence-corrected chi connectivity index (χ0v) is 14.5. The summed E-state index contributed by atoms with van der Waals surface area (Å²) in [5, 5.41) is 21.0. The number of non-ortho nitro benzene ring substituents is 1.